The summed E-state index contributed by atoms with van der Waals surface area (Å²) in [7, 11) is -2.81. The van der Waals surface area contributed by atoms with Gasteiger partial charge >= 0.3 is 7.60 Å². The van der Waals surface area contributed by atoms with Crippen molar-refractivity contribution in [3.8, 4) is 0 Å². The molecule has 0 aromatic rings. The van der Waals surface area contributed by atoms with Crippen LogP contribution in [0.2, 0.25) is 0 Å². The lowest BCUT2D eigenvalue weighted by atomic mass is 10.0. The molecule has 2 bridgehead atoms. The molecule has 0 spiro atoms. The fourth-order valence-corrected chi connectivity index (χ4v) is 5.71. The van der Waals surface area contributed by atoms with Gasteiger partial charge in [0.25, 0.3) is 0 Å². The second kappa shape index (κ2) is 4.57. The van der Waals surface area contributed by atoms with Crippen LogP contribution >= 0.6 is 7.60 Å². The van der Waals surface area contributed by atoms with E-state index in [1.807, 2.05) is 13.8 Å². The van der Waals surface area contributed by atoms with Gasteiger partial charge in [0.1, 0.15) is 0 Å². The Labute approximate surface area is 92.1 Å². The van der Waals surface area contributed by atoms with Crippen molar-refractivity contribution in [3.05, 3.63) is 0 Å². The Morgan fingerprint density at radius 2 is 1.80 bits per heavy atom. The Hall–Kier alpha value is 0.150. The molecular formula is C11H21O3P. The second-order valence-corrected chi connectivity index (χ2v) is 6.88. The molecule has 0 unspecified atom stereocenters. The topological polar surface area (TPSA) is 35.5 Å². The average molecular weight is 232 g/mol. The van der Waals surface area contributed by atoms with Gasteiger partial charge in [0.15, 0.2) is 0 Å². The van der Waals surface area contributed by atoms with Gasteiger partial charge in [-0.3, -0.25) is 4.57 Å². The smallest absolute Gasteiger partial charge is 0.309 e. The van der Waals surface area contributed by atoms with E-state index in [4.69, 9.17) is 9.05 Å². The van der Waals surface area contributed by atoms with E-state index in [1.165, 1.54) is 19.3 Å². The first-order valence-electron chi connectivity index (χ1n) is 6.08. The minimum Gasteiger partial charge on any atom is -0.309 e. The van der Waals surface area contributed by atoms with Crippen LogP contribution in [0.1, 0.15) is 39.5 Å². The molecule has 3 atom stereocenters. The Bertz CT molecular complexity index is 257. The Kier molecular flexibility index (Phi) is 3.54. The van der Waals surface area contributed by atoms with Crippen molar-refractivity contribution in [2.75, 3.05) is 13.2 Å². The second-order valence-electron chi connectivity index (χ2n) is 4.62. The van der Waals surface area contributed by atoms with Crippen LogP contribution in [-0.2, 0) is 13.6 Å². The zero-order chi connectivity index (χ0) is 10.9. The van der Waals surface area contributed by atoms with Crippen LogP contribution in [0, 0.1) is 11.8 Å². The third-order valence-electron chi connectivity index (χ3n) is 3.73. The minimum absolute atomic E-state index is 0.191. The van der Waals surface area contributed by atoms with E-state index >= 15 is 0 Å². The molecule has 0 aromatic heterocycles. The van der Waals surface area contributed by atoms with Crippen molar-refractivity contribution < 1.29 is 13.6 Å². The lowest BCUT2D eigenvalue weighted by Gasteiger charge is -2.29. The van der Waals surface area contributed by atoms with Crippen molar-refractivity contribution in [2.24, 2.45) is 11.8 Å². The fourth-order valence-electron chi connectivity index (χ4n) is 3.19. The Morgan fingerprint density at radius 1 is 1.13 bits per heavy atom. The summed E-state index contributed by atoms with van der Waals surface area (Å²) in [4.78, 5) is 0. The summed E-state index contributed by atoms with van der Waals surface area (Å²) >= 11 is 0. The zero-order valence-corrected chi connectivity index (χ0v) is 10.5. The minimum atomic E-state index is -2.81. The number of fused-ring (bicyclic) bond motifs is 2. The third kappa shape index (κ3) is 2.15. The van der Waals surface area contributed by atoms with Gasteiger partial charge in [-0.1, -0.05) is 6.42 Å². The molecule has 0 heterocycles. The molecule has 0 N–H and O–H groups in total. The SMILES string of the molecule is CCOP(=O)(OCC)[C@@H]1C[C@@H]2CC[C@H]1C2. The standard InChI is InChI=1S/C11H21O3P/c1-3-13-15(12,14-4-2)11-8-9-5-6-10(11)7-9/h9-11H,3-8H2,1-2H3/t9-,10+,11-/m1/s1. The first-order valence-corrected chi connectivity index (χ1v) is 7.69. The van der Waals surface area contributed by atoms with E-state index < -0.39 is 7.60 Å². The summed E-state index contributed by atoms with van der Waals surface area (Å²) in [5.74, 6) is 1.38. The van der Waals surface area contributed by atoms with Crippen LogP contribution in [0.4, 0.5) is 0 Å². The number of hydrogen-bond donors (Lipinski definition) is 0. The normalized spacial score (nSPS) is 34.9. The number of rotatable bonds is 5. The van der Waals surface area contributed by atoms with Crippen molar-refractivity contribution in [3.63, 3.8) is 0 Å². The molecule has 15 heavy (non-hydrogen) atoms. The molecule has 0 aromatic carbocycles. The van der Waals surface area contributed by atoms with Gasteiger partial charge in [-0.15, -0.1) is 0 Å². The summed E-state index contributed by atoms with van der Waals surface area (Å²) in [5, 5.41) is 0. The van der Waals surface area contributed by atoms with Crippen LogP contribution in [0.3, 0.4) is 0 Å². The summed E-state index contributed by atoms with van der Waals surface area (Å²) < 4.78 is 23.4. The predicted octanol–water partition coefficient (Wildman–Crippen LogP) is 3.44. The molecule has 0 amide bonds. The fraction of sp³-hybridized carbons (Fsp3) is 1.00. The van der Waals surface area contributed by atoms with Gasteiger partial charge in [0.05, 0.1) is 18.9 Å². The van der Waals surface area contributed by atoms with E-state index in [0.29, 0.717) is 19.1 Å². The van der Waals surface area contributed by atoms with Crippen LogP contribution < -0.4 is 0 Å². The van der Waals surface area contributed by atoms with Gasteiger partial charge in [0.2, 0.25) is 0 Å². The molecule has 4 heteroatoms. The van der Waals surface area contributed by atoms with Crippen molar-refractivity contribution >= 4 is 7.60 Å². The quantitative estimate of drug-likeness (QED) is 0.681. The first kappa shape index (κ1) is 11.6. The first-order chi connectivity index (χ1) is 7.19. The number of hydrogen-bond acceptors (Lipinski definition) is 3. The third-order valence-corrected chi connectivity index (χ3v) is 6.41. The largest absolute Gasteiger partial charge is 0.333 e. The molecule has 2 aliphatic carbocycles. The Balaban J connectivity index is 2.08. The van der Waals surface area contributed by atoms with E-state index in [0.717, 1.165) is 12.3 Å². The van der Waals surface area contributed by atoms with Crippen LogP contribution in [-0.4, -0.2) is 18.9 Å². The maximum absolute atomic E-state index is 12.6. The highest BCUT2D eigenvalue weighted by molar-refractivity contribution is 7.54. The molecule has 0 saturated heterocycles. The van der Waals surface area contributed by atoms with E-state index in [9.17, 15) is 4.57 Å². The van der Waals surface area contributed by atoms with Crippen molar-refractivity contribution in [1.82, 2.24) is 0 Å². The van der Waals surface area contributed by atoms with Crippen LogP contribution in [0.25, 0.3) is 0 Å². The maximum Gasteiger partial charge on any atom is 0.333 e. The highest BCUT2D eigenvalue weighted by atomic mass is 31.2. The summed E-state index contributed by atoms with van der Waals surface area (Å²) in [6, 6.07) is 0. The van der Waals surface area contributed by atoms with Gasteiger partial charge in [0, 0.05) is 0 Å². The summed E-state index contributed by atoms with van der Waals surface area (Å²) in [5.41, 5.74) is 0.191. The maximum atomic E-state index is 12.6. The average Bonchev–Trinajstić information content (AvgIpc) is 2.79. The molecule has 3 nitrogen and oxygen atoms in total. The van der Waals surface area contributed by atoms with E-state index in [-0.39, 0.29) is 5.66 Å². The Morgan fingerprint density at radius 3 is 2.20 bits per heavy atom. The molecule has 2 saturated carbocycles. The van der Waals surface area contributed by atoms with Gasteiger partial charge in [-0.05, 0) is 44.9 Å². The van der Waals surface area contributed by atoms with Crippen LogP contribution in [0.15, 0.2) is 0 Å². The van der Waals surface area contributed by atoms with Gasteiger partial charge in [-0.2, -0.15) is 0 Å². The van der Waals surface area contributed by atoms with Gasteiger partial charge in [-0.25, -0.2) is 0 Å². The molecular weight excluding hydrogens is 211 g/mol. The predicted molar refractivity (Wildman–Crippen MR) is 60.1 cm³/mol. The van der Waals surface area contributed by atoms with Crippen LogP contribution in [0.5, 0.6) is 0 Å². The van der Waals surface area contributed by atoms with Crippen molar-refractivity contribution in [2.45, 2.75) is 45.2 Å². The lowest BCUT2D eigenvalue weighted by Crippen LogP contribution is -2.20. The molecule has 0 radical (unpaired) electrons. The molecule has 88 valence electrons. The van der Waals surface area contributed by atoms with E-state index in [1.54, 1.807) is 0 Å². The zero-order valence-electron chi connectivity index (χ0n) is 9.65. The lowest BCUT2D eigenvalue weighted by molar-refractivity contribution is 0.203. The molecule has 2 aliphatic rings. The van der Waals surface area contributed by atoms with Gasteiger partial charge < -0.3 is 9.05 Å². The highest BCUT2D eigenvalue weighted by Gasteiger charge is 2.50. The summed E-state index contributed by atoms with van der Waals surface area (Å²) in [6.07, 6.45) is 4.84. The van der Waals surface area contributed by atoms with E-state index in [2.05, 4.69) is 0 Å². The monoisotopic (exact) mass is 232 g/mol. The highest BCUT2D eigenvalue weighted by Crippen LogP contribution is 2.64. The molecule has 2 fully saturated rings. The molecule has 0 aliphatic heterocycles. The molecule has 2 rings (SSSR count). The summed E-state index contributed by atoms with van der Waals surface area (Å²) in [6.45, 7) is 4.76. The van der Waals surface area contributed by atoms with Crippen molar-refractivity contribution in [1.29, 1.82) is 0 Å².